The van der Waals surface area contributed by atoms with Crippen LogP contribution in [0, 0.1) is 6.92 Å². The summed E-state index contributed by atoms with van der Waals surface area (Å²) in [4.78, 5) is 27.4. The molecule has 9 heteroatoms. The van der Waals surface area contributed by atoms with E-state index in [1.54, 1.807) is 30.8 Å². The van der Waals surface area contributed by atoms with Crippen LogP contribution in [0.1, 0.15) is 39.4 Å². The normalized spacial score (nSPS) is 13.2. The van der Waals surface area contributed by atoms with Crippen molar-refractivity contribution in [2.24, 2.45) is 0 Å². The van der Waals surface area contributed by atoms with Gasteiger partial charge >= 0.3 is 5.97 Å². The summed E-state index contributed by atoms with van der Waals surface area (Å²) >= 11 is 0. The van der Waals surface area contributed by atoms with Crippen molar-refractivity contribution in [2.75, 3.05) is 37.5 Å². The first-order valence-electron chi connectivity index (χ1n) is 10.4. The molecule has 1 N–H and O–H groups in total. The van der Waals surface area contributed by atoms with Gasteiger partial charge in [-0.1, -0.05) is 11.3 Å². The van der Waals surface area contributed by atoms with Gasteiger partial charge in [-0.05, 0) is 50.1 Å². The summed E-state index contributed by atoms with van der Waals surface area (Å²) in [5, 5.41) is 11.2. The van der Waals surface area contributed by atoms with Crippen LogP contribution >= 0.6 is 0 Å². The fourth-order valence-corrected chi connectivity index (χ4v) is 3.82. The number of aromatic nitrogens is 3. The quantitative estimate of drug-likeness (QED) is 0.594. The van der Waals surface area contributed by atoms with Gasteiger partial charge in [0.15, 0.2) is 5.69 Å². The Kier molecular flexibility index (Phi) is 6.07. The number of carbonyl (C=O) groups is 2. The molecule has 166 valence electrons. The van der Waals surface area contributed by atoms with Crippen LogP contribution in [-0.4, -0.2) is 54.2 Å². The summed E-state index contributed by atoms with van der Waals surface area (Å²) in [6.45, 7) is 3.57. The molecule has 1 fully saturated rings. The van der Waals surface area contributed by atoms with E-state index in [-0.39, 0.29) is 5.69 Å². The van der Waals surface area contributed by atoms with Gasteiger partial charge in [0.05, 0.1) is 42.5 Å². The lowest BCUT2D eigenvalue weighted by atomic mass is 10.1. The Labute approximate surface area is 185 Å². The number of methoxy groups -OCH3 is 2. The lowest BCUT2D eigenvalue weighted by Gasteiger charge is -2.22. The van der Waals surface area contributed by atoms with Gasteiger partial charge in [0.25, 0.3) is 5.91 Å². The highest BCUT2D eigenvalue weighted by atomic mass is 16.5. The largest absolute Gasteiger partial charge is 0.497 e. The number of anilines is 2. The number of hydrogen-bond donors (Lipinski definition) is 1. The summed E-state index contributed by atoms with van der Waals surface area (Å²) in [5.41, 5.74) is 3.28. The minimum atomic E-state index is -0.464. The Hall–Kier alpha value is -3.88. The van der Waals surface area contributed by atoms with E-state index in [4.69, 9.17) is 9.47 Å². The Bertz CT molecular complexity index is 1150. The monoisotopic (exact) mass is 435 g/mol. The molecule has 9 nitrogen and oxygen atoms in total. The fourth-order valence-electron chi connectivity index (χ4n) is 3.82. The molecule has 0 unspecified atom stereocenters. The van der Waals surface area contributed by atoms with Crippen molar-refractivity contribution in [3.05, 3.63) is 59.4 Å². The molecule has 0 aliphatic carbocycles. The molecule has 0 radical (unpaired) electrons. The average Bonchev–Trinajstić information content (AvgIpc) is 3.48. The van der Waals surface area contributed by atoms with E-state index in [0.29, 0.717) is 22.7 Å². The summed E-state index contributed by atoms with van der Waals surface area (Å²) in [6.07, 6.45) is 2.17. The fraction of sp³-hybridized carbons (Fsp3) is 0.304. The molecule has 2 aromatic carbocycles. The molecule has 32 heavy (non-hydrogen) atoms. The summed E-state index contributed by atoms with van der Waals surface area (Å²) in [5.74, 6) is -0.189. The summed E-state index contributed by atoms with van der Waals surface area (Å²) < 4.78 is 11.7. The van der Waals surface area contributed by atoms with Crippen molar-refractivity contribution in [1.82, 2.24) is 15.0 Å². The van der Waals surface area contributed by atoms with Gasteiger partial charge in [0.1, 0.15) is 5.75 Å². The van der Waals surface area contributed by atoms with E-state index in [2.05, 4.69) is 20.5 Å². The van der Waals surface area contributed by atoms with E-state index in [1.165, 1.54) is 7.11 Å². The highest BCUT2D eigenvalue weighted by Crippen LogP contribution is 2.31. The molecule has 0 spiro atoms. The van der Waals surface area contributed by atoms with Gasteiger partial charge in [-0.25, -0.2) is 9.48 Å². The molecule has 0 bridgehead atoms. The Morgan fingerprint density at radius 3 is 2.56 bits per heavy atom. The maximum Gasteiger partial charge on any atom is 0.337 e. The predicted octanol–water partition coefficient (Wildman–Crippen LogP) is 3.22. The third-order valence-corrected chi connectivity index (χ3v) is 5.52. The molecular weight excluding hydrogens is 410 g/mol. The number of benzene rings is 2. The van der Waals surface area contributed by atoms with Crippen molar-refractivity contribution >= 4 is 23.3 Å². The number of esters is 1. The van der Waals surface area contributed by atoms with Gasteiger partial charge in [-0.2, -0.15) is 0 Å². The second-order valence-corrected chi connectivity index (χ2v) is 7.51. The van der Waals surface area contributed by atoms with Gasteiger partial charge in [-0.3, -0.25) is 4.79 Å². The van der Waals surface area contributed by atoms with E-state index in [1.807, 2.05) is 30.3 Å². The van der Waals surface area contributed by atoms with Crippen LogP contribution in [-0.2, 0) is 4.74 Å². The zero-order valence-corrected chi connectivity index (χ0v) is 18.3. The van der Waals surface area contributed by atoms with Crippen LogP contribution in [0.4, 0.5) is 11.4 Å². The van der Waals surface area contributed by atoms with E-state index < -0.39 is 11.9 Å². The molecule has 1 aliphatic rings. The zero-order valence-electron chi connectivity index (χ0n) is 18.3. The highest BCUT2D eigenvalue weighted by Gasteiger charge is 2.22. The van der Waals surface area contributed by atoms with Crippen molar-refractivity contribution in [3.8, 4) is 11.4 Å². The second kappa shape index (κ2) is 9.09. The highest BCUT2D eigenvalue weighted by molar-refractivity contribution is 6.06. The number of ether oxygens (including phenoxy) is 2. The van der Waals surface area contributed by atoms with Crippen molar-refractivity contribution in [1.29, 1.82) is 0 Å². The average molecular weight is 435 g/mol. The molecule has 1 saturated heterocycles. The van der Waals surface area contributed by atoms with Crippen LogP contribution < -0.4 is 15.0 Å². The van der Waals surface area contributed by atoms with E-state index >= 15 is 0 Å². The standard InChI is InChI=1S/C23H25N5O4/c1-15-21(25-26-28(15)17-7-6-8-18(14-17)31-2)22(29)24-19-13-16(23(30)32-3)9-10-20(19)27-11-4-5-12-27/h6-10,13-14H,4-5,11-12H2,1-3H3,(H,24,29). The van der Waals surface area contributed by atoms with Crippen LogP contribution in [0.3, 0.4) is 0 Å². The summed E-state index contributed by atoms with van der Waals surface area (Å²) in [7, 11) is 2.92. The van der Waals surface area contributed by atoms with Crippen LogP contribution in [0.2, 0.25) is 0 Å². The summed E-state index contributed by atoms with van der Waals surface area (Å²) in [6, 6.07) is 12.5. The first kappa shape index (κ1) is 21.4. The molecule has 3 aromatic rings. The van der Waals surface area contributed by atoms with E-state index in [0.717, 1.165) is 37.3 Å². The Morgan fingerprint density at radius 1 is 1.06 bits per heavy atom. The van der Waals surface area contributed by atoms with Crippen LogP contribution in [0.5, 0.6) is 5.75 Å². The maximum atomic E-state index is 13.1. The molecular formula is C23H25N5O4. The Morgan fingerprint density at radius 2 is 1.84 bits per heavy atom. The molecule has 0 atom stereocenters. The van der Waals surface area contributed by atoms with Gasteiger partial charge < -0.3 is 19.7 Å². The first-order chi connectivity index (χ1) is 15.5. The number of nitrogens with one attached hydrogen (secondary N) is 1. The molecule has 0 saturated carbocycles. The smallest absolute Gasteiger partial charge is 0.337 e. The lowest BCUT2D eigenvalue weighted by Crippen LogP contribution is -2.22. The number of nitrogens with zero attached hydrogens (tertiary/aromatic N) is 4. The maximum absolute atomic E-state index is 13.1. The second-order valence-electron chi connectivity index (χ2n) is 7.51. The third kappa shape index (κ3) is 4.14. The van der Waals surface area contributed by atoms with Gasteiger partial charge in [-0.15, -0.1) is 5.10 Å². The number of carbonyl (C=O) groups excluding carboxylic acids is 2. The van der Waals surface area contributed by atoms with Crippen molar-refractivity contribution in [3.63, 3.8) is 0 Å². The number of amides is 1. The number of hydrogen-bond acceptors (Lipinski definition) is 7. The molecule has 2 heterocycles. The topological polar surface area (TPSA) is 98.6 Å². The zero-order chi connectivity index (χ0) is 22.7. The number of rotatable bonds is 6. The first-order valence-corrected chi connectivity index (χ1v) is 10.4. The third-order valence-electron chi connectivity index (χ3n) is 5.52. The predicted molar refractivity (Wildman–Crippen MR) is 120 cm³/mol. The molecule has 1 aliphatic heterocycles. The van der Waals surface area contributed by atoms with Crippen molar-refractivity contribution in [2.45, 2.75) is 19.8 Å². The van der Waals surface area contributed by atoms with Gasteiger partial charge in [0, 0.05) is 19.2 Å². The SMILES string of the molecule is COC(=O)c1ccc(N2CCCC2)c(NC(=O)c2nnn(-c3cccc(OC)c3)c2C)c1. The van der Waals surface area contributed by atoms with Crippen LogP contribution in [0.25, 0.3) is 5.69 Å². The van der Waals surface area contributed by atoms with Crippen molar-refractivity contribution < 1.29 is 19.1 Å². The van der Waals surface area contributed by atoms with E-state index in [9.17, 15) is 9.59 Å². The lowest BCUT2D eigenvalue weighted by molar-refractivity contribution is 0.0600. The minimum absolute atomic E-state index is 0.198. The Balaban J connectivity index is 1.65. The molecule has 4 rings (SSSR count). The minimum Gasteiger partial charge on any atom is -0.497 e. The van der Waals surface area contributed by atoms with Crippen LogP contribution in [0.15, 0.2) is 42.5 Å². The molecule has 1 aromatic heterocycles. The molecule has 1 amide bonds. The van der Waals surface area contributed by atoms with Gasteiger partial charge in [0.2, 0.25) is 0 Å².